The van der Waals surface area contributed by atoms with Gasteiger partial charge in [0, 0.05) is 31.0 Å². The van der Waals surface area contributed by atoms with Crippen molar-refractivity contribution in [2.45, 2.75) is 51.3 Å². The van der Waals surface area contributed by atoms with Gasteiger partial charge in [-0.3, -0.25) is 0 Å². The van der Waals surface area contributed by atoms with Gasteiger partial charge in [0.1, 0.15) is 13.1 Å². The summed E-state index contributed by atoms with van der Waals surface area (Å²) in [4.78, 5) is 8.45. The molecule has 2 rings (SSSR count). The van der Waals surface area contributed by atoms with E-state index in [2.05, 4.69) is 29.1 Å². The van der Waals surface area contributed by atoms with Gasteiger partial charge in [-0.15, -0.1) is 12.6 Å². The third-order valence-corrected chi connectivity index (χ3v) is 4.29. The highest BCUT2D eigenvalue weighted by Gasteiger charge is 2.24. The van der Waals surface area contributed by atoms with Crippen LogP contribution in [0, 0.1) is 0 Å². The molecule has 0 saturated heterocycles. The standard InChI is InChI=1S/C18H26BClN3O2/c1-4-19-14-8-9-15(11-14)22-17-13(12-21-18(20)23-17)7-10-16(24-5-2)25-6-3/h4,7,10,12,14-16H,1,5-6,8-9,11H2,2-3H3,(H,21,22,23). The minimum atomic E-state index is -0.378. The Morgan fingerprint density at radius 1 is 1.40 bits per heavy atom. The lowest BCUT2D eigenvalue weighted by molar-refractivity contribution is -0.103. The Morgan fingerprint density at radius 2 is 2.16 bits per heavy atom. The van der Waals surface area contributed by atoms with Crippen molar-refractivity contribution < 1.29 is 9.47 Å². The zero-order valence-electron chi connectivity index (χ0n) is 15.0. The first-order valence-corrected chi connectivity index (χ1v) is 9.20. The van der Waals surface area contributed by atoms with Crippen molar-refractivity contribution in [3.8, 4) is 0 Å². The maximum Gasteiger partial charge on any atom is 0.224 e. The van der Waals surface area contributed by atoms with E-state index in [4.69, 9.17) is 21.1 Å². The Hall–Kier alpha value is -1.37. The molecule has 1 aliphatic rings. The van der Waals surface area contributed by atoms with E-state index in [0.717, 1.165) is 30.6 Å². The number of rotatable bonds is 10. The van der Waals surface area contributed by atoms with Crippen molar-refractivity contribution in [1.82, 2.24) is 9.97 Å². The van der Waals surface area contributed by atoms with Crippen molar-refractivity contribution in [3.05, 3.63) is 35.7 Å². The molecule has 1 N–H and O–H groups in total. The predicted octanol–water partition coefficient (Wildman–Crippen LogP) is 4.14. The van der Waals surface area contributed by atoms with Gasteiger partial charge in [0.2, 0.25) is 5.28 Å². The van der Waals surface area contributed by atoms with E-state index in [1.807, 2.05) is 32.0 Å². The van der Waals surface area contributed by atoms with Crippen LogP contribution in [0.2, 0.25) is 11.1 Å². The zero-order valence-corrected chi connectivity index (χ0v) is 15.7. The molecule has 2 atom stereocenters. The van der Waals surface area contributed by atoms with Crippen LogP contribution in [-0.2, 0) is 9.47 Å². The Balaban J connectivity index is 2.07. The lowest BCUT2D eigenvalue weighted by Crippen LogP contribution is -2.18. The predicted molar refractivity (Wildman–Crippen MR) is 104 cm³/mol. The molecular weight excluding hydrogens is 336 g/mol. The molecule has 5 nitrogen and oxygen atoms in total. The van der Waals surface area contributed by atoms with Gasteiger partial charge in [0.15, 0.2) is 6.29 Å². The summed E-state index contributed by atoms with van der Waals surface area (Å²) in [5.41, 5.74) is 0.866. The topological polar surface area (TPSA) is 56.3 Å². The number of nitrogens with one attached hydrogen (secondary N) is 1. The summed E-state index contributed by atoms with van der Waals surface area (Å²) in [7, 11) is 2.17. The van der Waals surface area contributed by atoms with Crippen molar-refractivity contribution in [2.75, 3.05) is 18.5 Å². The first kappa shape index (κ1) is 20.0. The second kappa shape index (κ2) is 10.6. The summed E-state index contributed by atoms with van der Waals surface area (Å²) in [6, 6.07) is 0.369. The molecule has 1 aromatic rings. The average Bonchev–Trinajstić information content (AvgIpc) is 3.02. The number of aromatic nitrogens is 2. The number of anilines is 1. The summed E-state index contributed by atoms with van der Waals surface area (Å²) in [6.45, 7) is 8.83. The van der Waals surface area contributed by atoms with Gasteiger partial charge in [0.05, 0.1) is 0 Å². The summed E-state index contributed by atoms with van der Waals surface area (Å²) in [6.07, 6.45) is 8.44. The lowest BCUT2D eigenvalue weighted by atomic mass is 9.64. The molecule has 1 fully saturated rings. The van der Waals surface area contributed by atoms with Crippen molar-refractivity contribution >= 4 is 30.8 Å². The summed E-state index contributed by atoms with van der Waals surface area (Å²) >= 11 is 5.99. The van der Waals surface area contributed by atoms with E-state index >= 15 is 0 Å². The molecule has 0 spiro atoms. The lowest BCUT2D eigenvalue weighted by Gasteiger charge is -2.16. The fraction of sp³-hybridized carbons (Fsp3) is 0.556. The number of halogens is 1. The molecule has 1 saturated carbocycles. The number of hydrogen-bond donors (Lipinski definition) is 1. The van der Waals surface area contributed by atoms with E-state index in [1.54, 1.807) is 6.20 Å². The Kier molecular flexibility index (Phi) is 8.45. The Morgan fingerprint density at radius 3 is 2.84 bits per heavy atom. The maximum absolute atomic E-state index is 5.99. The van der Waals surface area contributed by atoms with E-state index in [-0.39, 0.29) is 11.6 Å². The quantitative estimate of drug-likeness (QED) is 0.385. The minimum absolute atomic E-state index is 0.234. The van der Waals surface area contributed by atoms with Crippen molar-refractivity contribution in [2.24, 2.45) is 0 Å². The third kappa shape index (κ3) is 6.46. The van der Waals surface area contributed by atoms with Crippen LogP contribution in [-0.4, -0.2) is 42.8 Å². The van der Waals surface area contributed by atoms with Gasteiger partial charge < -0.3 is 14.8 Å². The second-order valence-corrected chi connectivity index (χ2v) is 6.26. The number of ether oxygens (including phenoxy) is 2. The second-order valence-electron chi connectivity index (χ2n) is 5.92. The average molecular weight is 363 g/mol. The van der Waals surface area contributed by atoms with Crippen LogP contribution in [0.15, 0.2) is 24.8 Å². The fourth-order valence-electron chi connectivity index (χ4n) is 2.99. The van der Waals surface area contributed by atoms with E-state index in [9.17, 15) is 0 Å². The van der Waals surface area contributed by atoms with Gasteiger partial charge in [-0.25, -0.2) is 9.97 Å². The molecule has 2 unspecified atom stereocenters. The van der Waals surface area contributed by atoms with Crippen molar-refractivity contribution in [1.29, 1.82) is 0 Å². The Labute approximate surface area is 156 Å². The highest BCUT2D eigenvalue weighted by atomic mass is 35.5. The normalized spacial score (nSPS) is 20.3. The van der Waals surface area contributed by atoms with Crippen LogP contribution in [0.25, 0.3) is 6.08 Å². The summed E-state index contributed by atoms with van der Waals surface area (Å²) in [5, 5.41) is 3.74. The number of hydrogen-bond acceptors (Lipinski definition) is 5. The highest BCUT2D eigenvalue weighted by molar-refractivity contribution is 6.43. The van der Waals surface area contributed by atoms with Crippen LogP contribution in [0.3, 0.4) is 0 Å². The molecule has 135 valence electrons. The van der Waals surface area contributed by atoms with Crippen LogP contribution in [0.4, 0.5) is 5.82 Å². The third-order valence-electron chi connectivity index (χ3n) is 4.10. The molecule has 0 bridgehead atoms. The maximum atomic E-state index is 5.99. The van der Waals surface area contributed by atoms with Crippen LogP contribution >= 0.6 is 11.6 Å². The van der Waals surface area contributed by atoms with Gasteiger partial charge in [0.25, 0.3) is 0 Å². The van der Waals surface area contributed by atoms with Gasteiger partial charge in [-0.2, -0.15) is 0 Å². The Bertz CT molecular complexity index is 579. The minimum Gasteiger partial charge on any atom is -0.367 e. The van der Waals surface area contributed by atoms with Crippen molar-refractivity contribution in [3.63, 3.8) is 0 Å². The monoisotopic (exact) mass is 362 g/mol. The van der Waals surface area contributed by atoms with Crippen LogP contribution in [0.5, 0.6) is 0 Å². The smallest absolute Gasteiger partial charge is 0.224 e. The molecule has 1 radical (unpaired) electrons. The van der Waals surface area contributed by atoms with Gasteiger partial charge in [-0.1, -0.05) is 12.2 Å². The van der Waals surface area contributed by atoms with E-state index in [1.165, 1.54) is 0 Å². The van der Waals surface area contributed by atoms with Gasteiger partial charge in [-0.05, 0) is 50.4 Å². The fourth-order valence-corrected chi connectivity index (χ4v) is 3.12. The molecule has 1 aromatic heterocycles. The van der Waals surface area contributed by atoms with Gasteiger partial charge >= 0.3 is 0 Å². The largest absolute Gasteiger partial charge is 0.367 e. The molecule has 7 heteroatoms. The first-order chi connectivity index (χ1) is 12.2. The highest BCUT2D eigenvalue weighted by Crippen LogP contribution is 2.32. The SMILES string of the molecule is C=C[B]C1CCC(Nc2nc(Cl)ncc2C=CC(OCC)OCC)C1. The molecule has 0 amide bonds. The summed E-state index contributed by atoms with van der Waals surface area (Å²) in [5.74, 6) is 3.20. The molecular formula is C18H26BClN3O2. The van der Waals surface area contributed by atoms with Crippen LogP contribution in [0.1, 0.15) is 38.7 Å². The molecule has 1 aliphatic carbocycles. The number of nitrogens with zero attached hydrogens (tertiary/aromatic N) is 2. The molecule has 0 aromatic carbocycles. The molecule has 1 heterocycles. The zero-order chi connectivity index (χ0) is 18.1. The molecule has 25 heavy (non-hydrogen) atoms. The van der Waals surface area contributed by atoms with Crippen LogP contribution < -0.4 is 5.32 Å². The molecule has 0 aliphatic heterocycles. The first-order valence-electron chi connectivity index (χ1n) is 8.82. The van der Waals surface area contributed by atoms with E-state index in [0.29, 0.717) is 25.1 Å². The van der Waals surface area contributed by atoms with E-state index < -0.39 is 0 Å². The summed E-state index contributed by atoms with van der Waals surface area (Å²) < 4.78 is 11.1.